The maximum absolute atomic E-state index is 11.2. The molecule has 1 N–H and O–H groups in total. The zero-order valence-electron chi connectivity index (χ0n) is 11.4. The minimum absolute atomic E-state index is 0.122. The van der Waals surface area contributed by atoms with Crippen LogP contribution in [-0.4, -0.2) is 77.5 Å². The summed E-state index contributed by atoms with van der Waals surface area (Å²) in [5.74, 6) is -0.696. The zero-order chi connectivity index (χ0) is 13.8. The van der Waals surface area contributed by atoms with Crippen LogP contribution in [0.1, 0.15) is 10.5 Å². The van der Waals surface area contributed by atoms with Crippen molar-refractivity contribution in [3.63, 3.8) is 0 Å². The molecule has 1 fully saturated rings. The van der Waals surface area contributed by atoms with Crippen LogP contribution >= 0.6 is 0 Å². The SMILES string of the molecule is COc1cnn(CCN2CCN(C)CC2)c1C(=O)O. The van der Waals surface area contributed by atoms with Gasteiger partial charge in [0.2, 0.25) is 0 Å². The molecule has 7 nitrogen and oxygen atoms in total. The third-order valence-corrected chi connectivity index (χ3v) is 3.45. The molecular formula is C12H20N4O3. The number of carboxylic acids is 1. The van der Waals surface area contributed by atoms with E-state index in [-0.39, 0.29) is 5.69 Å². The predicted molar refractivity (Wildman–Crippen MR) is 69.7 cm³/mol. The molecule has 0 aliphatic carbocycles. The van der Waals surface area contributed by atoms with Crippen LogP contribution in [0.5, 0.6) is 5.75 Å². The fourth-order valence-corrected chi connectivity index (χ4v) is 2.21. The third kappa shape index (κ3) is 3.24. The maximum Gasteiger partial charge on any atom is 0.358 e. The van der Waals surface area contributed by atoms with Gasteiger partial charge in [0.1, 0.15) is 0 Å². The second-order valence-electron chi connectivity index (χ2n) is 4.73. The predicted octanol–water partition coefficient (Wildman–Crippen LogP) is -0.163. The van der Waals surface area contributed by atoms with Gasteiger partial charge in [0.15, 0.2) is 11.4 Å². The highest BCUT2D eigenvalue weighted by Crippen LogP contribution is 2.17. The van der Waals surface area contributed by atoms with Gasteiger partial charge in [-0.1, -0.05) is 0 Å². The van der Waals surface area contributed by atoms with Gasteiger partial charge in [-0.05, 0) is 7.05 Å². The van der Waals surface area contributed by atoms with Crippen LogP contribution in [0.2, 0.25) is 0 Å². The highest BCUT2D eigenvalue weighted by molar-refractivity contribution is 5.88. The summed E-state index contributed by atoms with van der Waals surface area (Å²) in [6.07, 6.45) is 1.45. The number of nitrogens with zero attached hydrogens (tertiary/aromatic N) is 4. The monoisotopic (exact) mass is 268 g/mol. The second-order valence-corrected chi connectivity index (χ2v) is 4.73. The number of aromatic carboxylic acids is 1. The summed E-state index contributed by atoms with van der Waals surface area (Å²) >= 11 is 0. The van der Waals surface area contributed by atoms with Gasteiger partial charge in [0, 0.05) is 32.7 Å². The molecule has 1 saturated heterocycles. The van der Waals surface area contributed by atoms with Crippen LogP contribution in [0.4, 0.5) is 0 Å². The molecule has 1 aromatic heterocycles. The molecule has 0 radical (unpaired) electrons. The van der Waals surface area contributed by atoms with E-state index in [1.54, 1.807) is 0 Å². The highest BCUT2D eigenvalue weighted by atomic mass is 16.5. The first-order valence-electron chi connectivity index (χ1n) is 6.36. The summed E-state index contributed by atoms with van der Waals surface area (Å²) < 4.78 is 6.51. The molecule has 0 aromatic carbocycles. The summed E-state index contributed by atoms with van der Waals surface area (Å²) in [5, 5.41) is 13.3. The minimum Gasteiger partial charge on any atom is -0.493 e. The highest BCUT2D eigenvalue weighted by Gasteiger charge is 2.20. The van der Waals surface area contributed by atoms with Crippen LogP contribution < -0.4 is 4.74 Å². The van der Waals surface area contributed by atoms with E-state index in [1.807, 2.05) is 0 Å². The number of piperazine rings is 1. The van der Waals surface area contributed by atoms with Gasteiger partial charge in [-0.2, -0.15) is 5.10 Å². The summed E-state index contributed by atoms with van der Waals surface area (Å²) in [6, 6.07) is 0. The molecule has 1 aromatic rings. The van der Waals surface area contributed by atoms with E-state index >= 15 is 0 Å². The number of likely N-dealkylation sites (N-methyl/N-ethyl adjacent to an activating group) is 1. The number of methoxy groups -OCH3 is 1. The molecule has 0 bridgehead atoms. The Bertz CT molecular complexity index is 438. The van der Waals surface area contributed by atoms with Crippen molar-refractivity contribution in [2.24, 2.45) is 0 Å². The standard InChI is InChI=1S/C12H20N4O3/c1-14-3-5-15(6-4-14)7-8-16-11(12(17)18)10(19-2)9-13-16/h9H,3-8H2,1-2H3,(H,17,18). The molecule has 19 heavy (non-hydrogen) atoms. The van der Waals surface area contributed by atoms with Gasteiger partial charge in [0.05, 0.1) is 19.9 Å². The maximum atomic E-state index is 11.2. The molecule has 0 unspecified atom stereocenters. The Morgan fingerprint density at radius 1 is 1.37 bits per heavy atom. The Kier molecular flexibility index (Phi) is 4.39. The van der Waals surface area contributed by atoms with Crippen LogP contribution in [-0.2, 0) is 6.54 Å². The van der Waals surface area contributed by atoms with Crippen LogP contribution in [0, 0.1) is 0 Å². The van der Waals surface area contributed by atoms with Crippen LogP contribution in [0.3, 0.4) is 0 Å². The Labute approximate surface area is 112 Å². The van der Waals surface area contributed by atoms with E-state index in [0.29, 0.717) is 12.3 Å². The fraction of sp³-hybridized carbons (Fsp3) is 0.667. The van der Waals surface area contributed by atoms with Crippen molar-refractivity contribution < 1.29 is 14.6 Å². The molecule has 0 spiro atoms. The van der Waals surface area contributed by atoms with Crippen molar-refractivity contribution in [2.45, 2.75) is 6.54 Å². The largest absolute Gasteiger partial charge is 0.493 e. The smallest absolute Gasteiger partial charge is 0.358 e. The molecule has 0 amide bonds. The van der Waals surface area contributed by atoms with E-state index in [1.165, 1.54) is 18.0 Å². The lowest BCUT2D eigenvalue weighted by atomic mass is 10.3. The number of rotatable bonds is 5. The van der Waals surface area contributed by atoms with Crippen molar-refractivity contribution in [1.82, 2.24) is 19.6 Å². The van der Waals surface area contributed by atoms with E-state index in [2.05, 4.69) is 21.9 Å². The molecule has 106 valence electrons. The quantitative estimate of drug-likeness (QED) is 0.800. The molecular weight excluding hydrogens is 248 g/mol. The topological polar surface area (TPSA) is 70.8 Å². The zero-order valence-corrected chi connectivity index (χ0v) is 11.4. The van der Waals surface area contributed by atoms with Crippen molar-refractivity contribution in [1.29, 1.82) is 0 Å². The third-order valence-electron chi connectivity index (χ3n) is 3.45. The van der Waals surface area contributed by atoms with Gasteiger partial charge in [0.25, 0.3) is 0 Å². The first-order chi connectivity index (χ1) is 9.11. The van der Waals surface area contributed by atoms with E-state index in [9.17, 15) is 9.90 Å². The summed E-state index contributed by atoms with van der Waals surface area (Å²) in [5.41, 5.74) is 0.122. The van der Waals surface area contributed by atoms with Crippen molar-refractivity contribution in [2.75, 3.05) is 46.9 Å². The Morgan fingerprint density at radius 2 is 2.05 bits per heavy atom. The Balaban J connectivity index is 1.96. The average molecular weight is 268 g/mol. The lowest BCUT2D eigenvalue weighted by molar-refractivity contribution is 0.0677. The van der Waals surface area contributed by atoms with Gasteiger partial charge in [-0.3, -0.25) is 9.58 Å². The summed E-state index contributed by atoms with van der Waals surface area (Å²) in [6.45, 7) is 5.49. The van der Waals surface area contributed by atoms with Crippen molar-refractivity contribution >= 4 is 5.97 Å². The van der Waals surface area contributed by atoms with Gasteiger partial charge in [-0.15, -0.1) is 0 Å². The lowest BCUT2D eigenvalue weighted by Crippen LogP contribution is -2.45. The molecule has 1 aliphatic rings. The lowest BCUT2D eigenvalue weighted by Gasteiger charge is -2.32. The average Bonchev–Trinajstić information content (AvgIpc) is 2.81. The van der Waals surface area contributed by atoms with E-state index < -0.39 is 5.97 Å². The number of aromatic nitrogens is 2. The van der Waals surface area contributed by atoms with Gasteiger partial charge >= 0.3 is 5.97 Å². The number of hydrogen-bond donors (Lipinski definition) is 1. The molecule has 2 heterocycles. The second kappa shape index (κ2) is 6.03. The summed E-state index contributed by atoms with van der Waals surface area (Å²) in [7, 11) is 3.56. The van der Waals surface area contributed by atoms with Crippen molar-refractivity contribution in [3.8, 4) is 5.75 Å². The number of carbonyl (C=O) groups is 1. The first kappa shape index (κ1) is 13.8. The normalized spacial score (nSPS) is 17.6. The number of carboxylic acid groups (broad SMARTS) is 1. The van der Waals surface area contributed by atoms with Crippen LogP contribution in [0.15, 0.2) is 6.20 Å². The van der Waals surface area contributed by atoms with Crippen molar-refractivity contribution in [3.05, 3.63) is 11.9 Å². The fourth-order valence-electron chi connectivity index (χ4n) is 2.21. The Morgan fingerprint density at radius 3 is 2.63 bits per heavy atom. The minimum atomic E-state index is -1.01. The van der Waals surface area contributed by atoms with Gasteiger partial charge in [-0.25, -0.2) is 4.79 Å². The van der Waals surface area contributed by atoms with E-state index in [0.717, 1.165) is 32.7 Å². The molecule has 0 saturated carbocycles. The van der Waals surface area contributed by atoms with E-state index in [4.69, 9.17) is 4.74 Å². The molecule has 1 aliphatic heterocycles. The summed E-state index contributed by atoms with van der Waals surface area (Å²) in [4.78, 5) is 15.8. The first-order valence-corrected chi connectivity index (χ1v) is 6.36. The molecule has 7 heteroatoms. The van der Waals surface area contributed by atoms with Gasteiger partial charge < -0.3 is 14.7 Å². The Hall–Kier alpha value is -1.60. The molecule has 2 rings (SSSR count). The number of ether oxygens (including phenoxy) is 1. The molecule has 0 atom stereocenters. The van der Waals surface area contributed by atoms with Crippen LogP contribution in [0.25, 0.3) is 0 Å². The number of hydrogen-bond acceptors (Lipinski definition) is 5.